The Morgan fingerprint density at radius 1 is 0.939 bits per heavy atom. The lowest BCUT2D eigenvalue weighted by Gasteiger charge is -2.15. The lowest BCUT2D eigenvalue weighted by Crippen LogP contribution is -2.08. The molecule has 0 amide bonds. The molecule has 5 nitrogen and oxygen atoms in total. The van der Waals surface area contributed by atoms with E-state index in [1.807, 2.05) is 0 Å². The quantitative estimate of drug-likeness (QED) is 0.284. The van der Waals surface area contributed by atoms with E-state index in [0.717, 1.165) is 6.07 Å². The third-order valence-corrected chi connectivity index (χ3v) is 5.79. The SMILES string of the molecule is COc1ccc(OC)c(-c2cc(C(F)(F)F)c3c(C)nn(-c4c(Cl)cc(Cl)cc4Cl)c3n2)c1. The summed E-state index contributed by atoms with van der Waals surface area (Å²) >= 11 is 18.7. The second-order valence-corrected chi connectivity index (χ2v) is 8.28. The Morgan fingerprint density at radius 3 is 2.18 bits per heavy atom. The summed E-state index contributed by atoms with van der Waals surface area (Å²) in [7, 11) is 2.86. The number of fused-ring (bicyclic) bond motifs is 1. The number of rotatable bonds is 4. The fourth-order valence-corrected chi connectivity index (χ4v) is 4.53. The molecule has 0 fully saturated rings. The zero-order valence-electron chi connectivity index (χ0n) is 17.4. The maximum atomic E-state index is 14.2. The molecule has 4 aromatic rings. The molecule has 0 N–H and O–H groups in total. The number of alkyl halides is 3. The van der Waals surface area contributed by atoms with Gasteiger partial charge in [0.1, 0.15) is 17.2 Å². The molecule has 0 spiro atoms. The molecule has 0 aliphatic carbocycles. The number of halogens is 6. The van der Waals surface area contributed by atoms with Crippen molar-refractivity contribution in [1.29, 1.82) is 0 Å². The number of benzene rings is 2. The molecule has 0 atom stereocenters. The van der Waals surface area contributed by atoms with Gasteiger partial charge in [-0.15, -0.1) is 0 Å². The first-order valence-corrected chi connectivity index (χ1v) is 10.5. The summed E-state index contributed by atoms with van der Waals surface area (Å²) in [5.41, 5.74) is -0.395. The Bertz CT molecular complexity index is 1360. The molecule has 0 bridgehead atoms. The van der Waals surface area contributed by atoms with Crippen molar-refractivity contribution < 1.29 is 22.6 Å². The Kier molecular flexibility index (Phi) is 6.11. The van der Waals surface area contributed by atoms with Crippen molar-refractivity contribution in [3.8, 4) is 28.4 Å². The summed E-state index contributed by atoms with van der Waals surface area (Å²) in [6.07, 6.45) is -4.69. The Labute approximate surface area is 201 Å². The first kappa shape index (κ1) is 23.5. The van der Waals surface area contributed by atoms with Gasteiger partial charge in [-0.2, -0.15) is 18.3 Å². The average Bonchev–Trinajstić information content (AvgIpc) is 3.07. The van der Waals surface area contributed by atoms with Gasteiger partial charge in [-0.25, -0.2) is 9.67 Å². The van der Waals surface area contributed by atoms with E-state index < -0.39 is 11.7 Å². The van der Waals surface area contributed by atoms with Crippen molar-refractivity contribution in [2.75, 3.05) is 14.2 Å². The van der Waals surface area contributed by atoms with E-state index >= 15 is 0 Å². The van der Waals surface area contributed by atoms with Gasteiger partial charge >= 0.3 is 6.18 Å². The normalized spacial score (nSPS) is 11.8. The van der Waals surface area contributed by atoms with Crippen molar-refractivity contribution in [3.05, 3.63) is 62.7 Å². The minimum atomic E-state index is -4.69. The number of aromatic nitrogens is 3. The third-order valence-electron chi connectivity index (χ3n) is 4.99. The third kappa shape index (κ3) is 4.18. The van der Waals surface area contributed by atoms with Gasteiger partial charge in [0.2, 0.25) is 0 Å². The van der Waals surface area contributed by atoms with Gasteiger partial charge in [-0.3, -0.25) is 0 Å². The second-order valence-electron chi connectivity index (χ2n) is 7.03. The second kappa shape index (κ2) is 8.59. The largest absolute Gasteiger partial charge is 0.497 e. The minimum Gasteiger partial charge on any atom is -0.497 e. The van der Waals surface area contributed by atoms with Gasteiger partial charge in [-0.1, -0.05) is 34.8 Å². The highest BCUT2D eigenvalue weighted by Crippen LogP contribution is 2.42. The van der Waals surface area contributed by atoms with E-state index in [-0.39, 0.29) is 43.2 Å². The van der Waals surface area contributed by atoms with Gasteiger partial charge in [0.15, 0.2) is 5.65 Å². The zero-order valence-corrected chi connectivity index (χ0v) is 19.7. The Hall–Kier alpha value is -2.68. The number of hydrogen-bond donors (Lipinski definition) is 0. The van der Waals surface area contributed by atoms with Crippen LogP contribution < -0.4 is 9.47 Å². The van der Waals surface area contributed by atoms with E-state index in [4.69, 9.17) is 44.3 Å². The Balaban J connectivity index is 2.13. The molecule has 0 saturated carbocycles. The van der Waals surface area contributed by atoms with Gasteiger partial charge in [-0.05, 0) is 43.3 Å². The standard InChI is InChI=1S/C22H15Cl3F3N3O2/c1-10-19-14(22(26,27)28)9-17(13-8-12(32-2)4-5-18(13)33-3)29-21(19)31(30-10)20-15(24)6-11(23)7-16(20)25/h4-9H,1-3H3. The summed E-state index contributed by atoms with van der Waals surface area (Å²) in [4.78, 5) is 4.52. The lowest BCUT2D eigenvalue weighted by molar-refractivity contribution is -0.136. The molecule has 11 heteroatoms. The fourth-order valence-electron chi connectivity index (χ4n) is 3.56. The van der Waals surface area contributed by atoms with Crippen molar-refractivity contribution in [1.82, 2.24) is 14.8 Å². The van der Waals surface area contributed by atoms with Crippen LogP contribution in [0.1, 0.15) is 11.3 Å². The molecule has 33 heavy (non-hydrogen) atoms. The highest BCUT2D eigenvalue weighted by molar-refractivity contribution is 6.40. The van der Waals surface area contributed by atoms with Crippen LogP contribution in [0.3, 0.4) is 0 Å². The van der Waals surface area contributed by atoms with Crippen LogP contribution in [0.15, 0.2) is 36.4 Å². The zero-order chi connectivity index (χ0) is 24.1. The van der Waals surface area contributed by atoms with Gasteiger partial charge in [0, 0.05) is 10.6 Å². The summed E-state index contributed by atoms with van der Waals surface area (Å²) in [6.45, 7) is 1.46. The van der Waals surface area contributed by atoms with Crippen molar-refractivity contribution in [2.45, 2.75) is 13.1 Å². The molecule has 4 rings (SSSR count). The van der Waals surface area contributed by atoms with Crippen molar-refractivity contribution >= 4 is 45.8 Å². The number of pyridine rings is 1. The first-order valence-electron chi connectivity index (χ1n) is 9.40. The minimum absolute atomic E-state index is 0.00735. The molecular weight excluding hydrogens is 502 g/mol. The van der Waals surface area contributed by atoms with Crippen LogP contribution in [0.5, 0.6) is 11.5 Å². The van der Waals surface area contributed by atoms with E-state index in [9.17, 15) is 13.2 Å². The van der Waals surface area contributed by atoms with E-state index in [0.29, 0.717) is 17.1 Å². The number of hydrogen-bond acceptors (Lipinski definition) is 4. The topological polar surface area (TPSA) is 49.2 Å². The van der Waals surface area contributed by atoms with Crippen LogP contribution in [0, 0.1) is 6.92 Å². The molecule has 2 aromatic heterocycles. The van der Waals surface area contributed by atoms with Gasteiger partial charge in [0.05, 0.1) is 46.6 Å². The monoisotopic (exact) mass is 515 g/mol. The summed E-state index contributed by atoms with van der Waals surface area (Å²) < 4.78 is 54.2. The van der Waals surface area contributed by atoms with Crippen LogP contribution in [0.4, 0.5) is 13.2 Å². The fraction of sp³-hybridized carbons (Fsp3) is 0.182. The predicted octanol–water partition coefficient (Wildman–Crippen LogP) is 7.39. The van der Waals surface area contributed by atoms with Crippen LogP contribution in [-0.2, 0) is 6.18 Å². The maximum Gasteiger partial charge on any atom is 0.417 e. The summed E-state index contributed by atoms with van der Waals surface area (Å²) in [5.74, 6) is 0.746. The Morgan fingerprint density at radius 2 is 1.61 bits per heavy atom. The van der Waals surface area contributed by atoms with Gasteiger partial charge < -0.3 is 9.47 Å². The average molecular weight is 517 g/mol. The molecule has 0 aliphatic rings. The number of ether oxygens (including phenoxy) is 2. The van der Waals surface area contributed by atoms with E-state index in [1.165, 1.54) is 38.0 Å². The predicted molar refractivity (Wildman–Crippen MR) is 122 cm³/mol. The van der Waals surface area contributed by atoms with Crippen LogP contribution in [-0.4, -0.2) is 29.0 Å². The smallest absolute Gasteiger partial charge is 0.417 e. The molecular formula is C22H15Cl3F3N3O2. The summed E-state index contributed by atoms with van der Waals surface area (Å²) in [5, 5.41) is 4.60. The lowest BCUT2D eigenvalue weighted by atomic mass is 10.0. The number of nitrogens with zero attached hydrogens (tertiary/aromatic N) is 3. The molecule has 0 radical (unpaired) electrons. The molecule has 0 saturated heterocycles. The van der Waals surface area contributed by atoms with E-state index in [1.54, 1.807) is 18.2 Å². The molecule has 2 aromatic carbocycles. The van der Waals surface area contributed by atoms with Crippen molar-refractivity contribution in [2.24, 2.45) is 0 Å². The van der Waals surface area contributed by atoms with Crippen LogP contribution in [0.25, 0.3) is 28.0 Å². The number of aryl methyl sites for hydroxylation is 1. The molecule has 2 heterocycles. The van der Waals surface area contributed by atoms with Gasteiger partial charge in [0.25, 0.3) is 0 Å². The maximum absolute atomic E-state index is 14.2. The summed E-state index contributed by atoms with van der Waals surface area (Å²) in [6, 6.07) is 8.57. The highest BCUT2D eigenvalue weighted by Gasteiger charge is 2.36. The van der Waals surface area contributed by atoms with Crippen molar-refractivity contribution in [3.63, 3.8) is 0 Å². The highest BCUT2D eigenvalue weighted by atomic mass is 35.5. The number of methoxy groups -OCH3 is 2. The first-order chi connectivity index (χ1) is 15.5. The van der Waals surface area contributed by atoms with Crippen LogP contribution in [0.2, 0.25) is 15.1 Å². The van der Waals surface area contributed by atoms with E-state index in [2.05, 4.69) is 10.1 Å². The molecule has 172 valence electrons. The molecule has 0 aliphatic heterocycles. The molecule has 0 unspecified atom stereocenters. The van der Waals surface area contributed by atoms with Crippen LogP contribution >= 0.6 is 34.8 Å².